The summed E-state index contributed by atoms with van der Waals surface area (Å²) in [7, 11) is 4.12. The van der Waals surface area contributed by atoms with E-state index in [0.29, 0.717) is 35.6 Å². The van der Waals surface area contributed by atoms with Gasteiger partial charge in [-0.15, -0.1) is 10.2 Å². The molecule has 0 aliphatic carbocycles. The summed E-state index contributed by atoms with van der Waals surface area (Å²) in [5.74, 6) is 0.721. The number of likely N-dealkylation sites (N-methyl/N-ethyl adjacent to an activating group) is 1. The molecule has 178 valence electrons. The number of hydrogen-bond acceptors (Lipinski definition) is 5. The van der Waals surface area contributed by atoms with E-state index in [0.717, 1.165) is 42.0 Å². The van der Waals surface area contributed by atoms with Crippen LogP contribution in [0.2, 0.25) is 0 Å². The van der Waals surface area contributed by atoms with Crippen LogP contribution >= 0.6 is 13.5 Å². The molecular weight excluding hydrogens is 463 g/mol. The van der Waals surface area contributed by atoms with E-state index in [1.54, 1.807) is 12.4 Å². The van der Waals surface area contributed by atoms with Crippen LogP contribution < -0.4 is 4.90 Å². The van der Waals surface area contributed by atoms with Gasteiger partial charge in [-0.1, -0.05) is 24.3 Å². The normalized spacial score (nSPS) is 16.2. The highest BCUT2D eigenvalue weighted by molar-refractivity contribution is 7.59. The summed E-state index contributed by atoms with van der Waals surface area (Å²) in [6.07, 6.45) is 4.65. The molecule has 0 unspecified atom stereocenters. The third-order valence-corrected chi connectivity index (χ3v) is 6.79. The van der Waals surface area contributed by atoms with E-state index in [1.165, 1.54) is 0 Å². The van der Waals surface area contributed by atoms with Gasteiger partial charge in [0.2, 0.25) is 0 Å². The van der Waals surface area contributed by atoms with Crippen LogP contribution in [-0.4, -0.2) is 62.4 Å². The second-order valence-electron chi connectivity index (χ2n) is 9.04. The quantitative estimate of drug-likeness (QED) is 0.358. The van der Waals surface area contributed by atoms with E-state index in [-0.39, 0.29) is 19.3 Å². The molecule has 1 saturated heterocycles. The predicted molar refractivity (Wildman–Crippen MR) is 138 cm³/mol. The molecule has 1 fully saturated rings. The fourth-order valence-electron chi connectivity index (χ4n) is 4.87. The monoisotopic (exact) mass is 488 g/mol. The van der Waals surface area contributed by atoms with E-state index >= 15 is 4.39 Å². The van der Waals surface area contributed by atoms with Gasteiger partial charge in [-0.25, -0.2) is 14.2 Å². The number of aromatic nitrogens is 5. The van der Waals surface area contributed by atoms with Crippen molar-refractivity contribution in [2.24, 2.45) is 0 Å². The molecular formula is C25H25FN8S. The van der Waals surface area contributed by atoms with Crippen LogP contribution in [0.3, 0.4) is 0 Å². The van der Waals surface area contributed by atoms with Crippen molar-refractivity contribution in [1.29, 1.82) is 0 Å². The minimum Gasteiger partial charge on any atom is -0.353 e. The number of fused-ring (bicyclic) bond motifs is 5. The molecule has 0 spiro atoms. The standard InChI is InChI=1S/C25H23FN8.H2S/c1-27-18-6-4-16(5-7-18)17-10-23-25-30-28-15-34(25)22-11-20(26)24(29-21(22)14-33(23)12-17)32-9-8-19(13-32)31(2)3;/h4-7,10-12,15,19H,8-9,13-14H2,2-3H3;1H2/t19-;/m0./s1. The van der Waals surface area contributed by atoms with Gasteiger partial charge in [-0.05, 0) is 32.1 Å². The smallest absolute Gasteiger partial charge is 0.187 e. The first-order chi connectivity index (χ1) is 16.5. The minimum atomic E-state index is -0.329. The number of anilines is 1. The van der Waals surface area contributed by atoms with E-state index in [4.69, 9.17) is 11.6 Å². The van der Waals surface area contributed by atoms with Crippen molar-refractivity contribution in [2.45, 2.75) is 19.0 Å². The van der Waals surface area contributed by atoms with Crippen LogP contribution in [0, 0.1) is 12.4 Å². The van der Waals surface area contributed by atoms with E-state index in [1.807, 2.05) is 33.7 Å². The minimum absolute atomic E-state index is 0. The summed E-state index contributed by atoms with van der Waals surface area (Å²) in [6.45, 7) is 9.20. The van der Waals surface area contributed by atoms with Gasteiger partial charge in [0.15, 0.2) is 23.1 Å². The van der Waals surface area contributed by atoms with Gasteiger partial charge in [0.1, 0.15) is 6.33 Å². The molecule has 2 aliphatic rings. The van der Waals surface area contributed by atoms with Gasteiger partial charge in [0.25, 0.3) is 0 Å². The summed E-state index contributed by atoms with van der Waals surface area (Å²) >= 11 is 0. The van der Waals surface area contributed by atoms with E-state index in [2.05, 4.69) is 50.9 Å². The van der Waals surface area contributed by atoms with Crippen LogP contribution in [0.5, 0.6) is 0 Å². The topological polar surface area (TPSA) is 59.4 Å². The van der Waals surface area contributed by atoms with Gasteiger partial charge in [-0.3, -0.25) is 4.57 Å². The van der Waals surface area contributed by atoms with Crippen LogP contribution in [-0.2, 0) is 6.54 Å². The number of halogens is 1. The third kappa shape index (κ3) is 3.87. The molecule has 35 heavy (non-hydrogen) atoms. The summed E-state index contributed by atoms with van der Waals surface area (Å²) < 4.78 is 19.2. The lowest BCUT2D eigenvalue weighted by Gasteiger charge is -2.22. The summed E-state index contributed by atoms with van der Waals surface area (Å²) in [5, 5.41) is 8.44. The summed E-state index contributed by atoms with van der Waals surface area (Å²) in [5.41, 5.74) is 4.95. The van der Waals surface area contributed by atoms with Crippen molar-refractivity contribution in [2.75, 3.05) is 32.1 Å². The maximum Gasteiger partial charge on any atom is 0.187 e. The molecule has 5 heterocycles. The number of nitrogens with zero attached hydrogens (tertiary/aromatic N) is 8. The molecule has 2 aliphatic heterocycles. The molecule has 0 bridgehead atoms. The lowest BCUT2D eigenvalue weighted by atomic mass is 10.1. The van der Waals surface area contributed by atoms with Crippen molar-refractivity contribution in [3.8, 4) is 28.3 Å². The third-order valence-electron chi connectivity index (χ3n) is 6.79. The molecule has 8 nitrogen and oxygen atoms in total. The zero-order valence-corrected chi connectivity index (χ0v) is 20.5. The second-order valence-corrected chi connectivity index (χ2v) is 9.04. The van der Waals surface area contributed by atoms with Gasteiger partial charge in [-0.2, -0.15) is 13.5 Å². The first-order valence-electron chi connectivity index (χ1n) is 11.2. The highest BCUT2D eigenvalue weighted by Crippen LogP contribution is 2.35. The Kier molecular flexibility index (Phi) is 5.83. The first kappa shape index (κ1) is 23.1. The van der Waals surface area contributed by atoms with Crippen molar-refractivity contribution in [3.63, 3.8) is 0 Å². The average molecular weight is 489 g/mol. The number of rotatable bonds is 3. The Balaban J connectivity index is 0.00000253. The van der Waals surface area contributed by atoms with Gasteiger partial charge >= 0.3 is 0 Å². The number of pyridine rings is 1. The van der Waals surface area contributed by atoms with Crippen LogP contribution in [0.4, 0.5) is 15.9 Å². The highest BCUT2D eigenvalue weighted by Gasteiger charge is 2.30. The second kappa shape index (κ2) is 8.83. The maximum atomic E-state index is 15.3. The van der Waals surface area contributed by atoms with E-state index in [9.17, 15) is 0 Å². The summed E-state index contributed by atoms with van der Waals surface area (Å²) in [4.78, 5) is 12.5. The molecule has 0 saturated carbocycles. The molecule has 4 aromatic rings. The Labute approximate surface area is 209 Å². The van der Waals surface area contributed by atoms with Crippen LogP contribution in [0.1, 0.15) is 12.1 Å². The van der Waals surface area contributed by atoms with Gasteiger partial charge in [0.05, 0.1) is 30.2 Å². The lowest BCUT2D eigenvalue weighted by Crippen LogP contribution is -2.32. The fourth-order valence-corrected chi connectivity index (χ4v) is 4.87. The van der Waals surface area contributed by atoms with E-state index < -0.39 is 0 Å². The van der Waals surface area contributed by atoms with Crippen molar-refractivity contribution >= 4 is 25.0 Å². The number of hydrogen-bond donors (Lipinski definition) is 0. The lowest BCUT2D eigenvalue weighted by molar-refractivity contribution is 0.315. The Morgan fingerprint density at radius 1 is 1.14 bits per heavy atom. The molecule has 1 aromatic carbocycles. The number of benzene rings is 1. The first-order valence-corrected chi connectivity index (χ1v) is 11.2. The Morgan fingerprint density at radius 3 is 2.66 bits per heavy atom. The fraction of sp³-hybridized carbons (Fsp3) is 0.280. The zero-order chi connectivity index (χ0) is 23.4. The SMILES string of the molecule is S.[C-]#[N+]c1ccc(-c2cc3n(c2)Cc2nc(N4CC[C@H](N(C)C)C4)c(F)cc2-n2cnnc2-3)cc1. The van der Waals surface area contributed by atoms with Crippen molar-refractivity contribution in [1.82, 2.24) is 29.2 Å². The Hall–Kier alpha value is -3.68. The largest absolute Gasteiger partial charge is 0.353 e. The molecule has 1 atom stereocenters. The Morgan fingerprint density at radius 2 is 1.94 bits per heavy atom. The van der Waals surface area contributed by atoms with Gasteiger partial charge in [0, 0.05) is 37.0 Å². The molecule has 0 N–H and O–H groups in total. The average Bonchev–Trinajstić information content (AvgIpc) is 3.58. The molecule has 3 aromatic heterocycles. The Bertz CT molecular complexity index is 1430. The molecule has 0 radical (unpaired) electrons. The van der Waals surface area contributed by atoms with Gasteiger partial charge < -0.3 is 14.4 Å². The van der Waals surface area contributed by atoms with Crippen LogP contribution in [0.15, 0.2) is 48.9 Å². The zero-order valence-electron chi connectivity index (χ0n) is 19.5. The molecule has 0 amide bonds. The molecule has 10 heteroatoms. The maximum absolute atomic E-state index is 15.3. The van der Waals surface area contributed by atoms with Crippen LogP contribution in [0.25, 0.3) is 33.2 Å². The van der Waals surface area contributed by atoms with Crippen molar-refractivity contribution < 1.29 is 4.39 Å². The predicted octanol–water partition coefficient (Wildman–Crippen LogP) is 4.10. The summed E-state index contributed by atoms with van der Waals surface area (Å²) in [6, 6.07) is 11.5. The van der Waals surface area contributed by atoms with Crippen molar-refractivity contribution in [3.05, 3.63) is 71.9 Å². The molecule has 6 rings (SSSR count). The highest BCUT2D eigenvalue weighted by atomic mass is 32.1.